The van der Waals surface area contributed by atoms with Crippen molar-refractivity contribution in [2.24, 2.45) is 5.73 Å². The number of hydrogen-bond acceptors (Lipinski definition) is 4. The molecule has 7 nitrogen and oxygen atoms in total. The molecule has 0 spiro atoms. The first-order valence-electron chi connectivity index (χ1n) is 9.26. The van der Waals surface area contributed by atoms with Crippen LogP contribution in [0.1, 0.15) is 56.9 Å². The Morgan fingerprint density at radius 1 is 1.11 bits per heavy atom. The van der Waals surface area contributed by atoms with Crippen LogP contribution in [0.4, 0.5) is 0 Å². The lowest BCUT2D eigenvalue weighted by atomic mass is 10.0. The fraction of sp³-hybridized carbons (Fsp3) is 0.238. The van der Waals surface area contributed by atoms with Gasteiger partial charge in [-0.3, -0.25) is 9.59 Å². The lowest BCUT2D eigenvalue weighted by Gasteiger charge is -2.15. The number of aromatic nitrogens is 3. The van der Waals surface area contributed by atoms with Gasteiger partial charge in [-0.1, -0.05) is 23.4 Å². The van der Waals surface area contributed by atoms with Gasteiger partial charge in [0.25, 0.3) is 11.8 Å². The molecule has 3 N–H and O–H groups in total. The third kappa shape index (κ3) is 3.51. The molecule has 4 rings (SSSR count). The Morgan fingerprint density at radius 2 is 1.86 bits per heavy atom. The molecule has 0 saturated carbocycles. The van der Waals surface area contributed by atoms with Crippen LogP contribution in [0.3, 0.4) is 0 Å². The number of nitrogens with two attached hydrogens (primary N) is 1. The van der Waals surface area contributed by atoms with Crippen LogP contribution in [0.2, 0.25) is 0 Å². The van der Waals surface area contributed by atoms with Gasteiger partial charge in [0.1, 0.15) is 0 Å². The minimum atomic E-state index is -0.620. The monoisotopic (exact) mass is 375 g/mol. The highest BCUT2D eigenvalue weighted by atomic mass is 16.2. The van der Waals surface area contributed by atoms with E-state index in [2.05, 4.69) is 21.7 Å². The molecule has 1 aliphatic rings. The van der Waals surface area contributed by atoms with E-state index >= 15 is 0 Å². The molecule has 0 unspecified atom stereocenters. The Kier molecular flexibility index (Phi) is 4.65. The molecule has 0 radical (unpaired) electrons. The molecular formula is C21H21N5O2. The Bertz CT molecular complexity index is 1040. The Morgan fingerprint density at radius 3 is 2.57 bits per heavy atom. The second-order valence-electron chi connectivity index (χ2n) is 7.04. The van der Waals surface area contributed by atoms with Crippen LogP contribution >= 0.6 is 0 Å². The zero-order valence-electron chi connectivity index (χ0n) is 15.6. The third-order valence-corrected chi connectivity index (χ3v) is 5.11. The van der Waals surface area contributed by atoms with Crippen LogP contribution < -0.4 is 11.1 Å². The van der Waals surface area contributed by atoms with E-state index in [4.69, 9.17) is 5.73 Å². The largest absolute Gasteiger partial charge is 0.364 e. The minimum absolute atomic E-state index is 0.0753. The maximum Gasteiger partial charge on any atom is 0.270 e. The number of carbonyl (C=O) groups excluding carboxylic acids is 2. The van der Waals surface area contributed by atoms with E-state index in [0.29, 0.717) is 5.56 Å². The van der Waals surface area contributed by atoms with Gasteiger partial charge in [0, 0.05) is 5.56 Å². The minimum Gasteiger partial charge on any atom is -0.364 e. The first-order valence-corrected chi connectivity index (χ1v) is 9.26. The molecule has 28 heavy (non-hydrogen) atoms. The number of fused-ring (bicyclic) bond motifs is 1. The smallest absolute Gasteiger partial charge is 0.270 e. The van der Waals surface area contributed by atoms with Crippen molar-refractivity contribution < 1.29 is 9.59 Å². The molecule has 1 aliphatic carbocycles. The van der Waals surface area contributed by atoms with Gasteiger partial charge in [0.15, 0.2) is 5.69 Å². The topological polar surface area (TPSA) is 103 Å². The van der Waals surface area contributed by atoms with Crippen LogP contribution in [-0.4, -0.2) is 26.8 Å². The fourth-order valence-electron chi connectivity index (χ4n) is 3.50. The second kappa shape index (κ2) is 7.26. The number of nitrogens with zero attached hydrogens (tertiary/aromatic N) is 3. The molecule has 0 aliphatic heterocycles. The predicted molar refractivity (Wildman–Crippen MR) is 104 cm³/mol. The number of aryl methyl sites for hydroxylation is 2. The van der Waals surface area contributed by atoms with Crippen molar-refractivity contribution in [3.8, 4) is 5.69 Å². The standard InChI is InChI=1S/C21H21N5O2/c1-13(23-21(28)17-6-5-15-3-2-4-16(15)11-17)14-7-9-18(10-8-14)26-12-19(20(22)27)24-25-26/h5-13H,2-4H2,1H3,(H2,22,27)(H,23,28)/t13-/m1/s1. The number of hydrogen-bond donors (Lipinski definition) is 2. The van der Waals surface area contributed by atoms with Gasteiger partial charge >= 0.3 is 0 Å². The van der Waals surface area contributed by atoms with Gasteiger partial charge in [0.2, 0.25) is 0 Å². The highest BCUT2D eigenvalue weighted by Gasteiger charge is 2.16. The van der Waals surface area contributed by atoms with E-state index in [9.17, 15) is 9.59 Å². The molecule has 0 saturated heterocycles. The average molecular weight is 375 g/mol. The zero-order valence-corrected chi connectivity index (χ0v) is 15.6. The summed E-state index contributed by atoms with van der Waals surface area (Å²) in [5.41, 5.74) is 10.4. The number of nitrogens with one attached hydrogen (secondary N) is 1. The Hall–Kier alpha value is -3.48. The van der Waals surface area contributed by atoms with E-state index < -0.39 is 5.91 Å². The van der Waals surface area contributed by atoms with Crippen molar-refractivity contribution in [3.05, 3.63) is 76.6 Å². The average Bonchev–Trinajstić information content (AvgIpc) is 3.37. The third-order valence-electron chi connectivity index (χ3n) is 5.11. The van der Waals surface area contributed by atoms with Crippen molar-refractivity contribution >= 4 is 11.8 Å². The van der Waals surface area contributed by atoms with Gasteiger partial charge in [-0.15, -0.1) is 5.10 Å². The molecule has 1 heterocycles. The quantitative estimate of drug-likeness (QED) is 0.714. The summed E-state index contributed by atoms with van der Waals surface area (Å²) in [7, 11) is 0. The van der Waals surface area contributed by atoms with Crippen LogP contribution in [0.25, 0.3) is 5.69 Å². The summed E-state index contributed by atoms with van der Waals surface area (Å²) in [6.07, 6.45) is 4.80. The van der Waals surface area contributed by atoms with E-state index in [1.807, 2.05) is 43.3 Å². The first-order chi connectivity index (χ1) is 13.5. The highest BCUT2D eigenvalue weighted by molar-refractivity contribution is 5.94. The van der Waals surface area contributed by atoms with Gasteiger partial charge in [-0.25, -0.2) is 4.68 Å². The van der Waals surface area contributed by atoms with E-state index in [1.165, 1.54) is 22.0 Å². The highest BCUT2D eigenvalue weighted by Crippen LogP contribution is 2.23. The van der Waals surface area contributed by atoms with Crippen molar-refractivity contribution in [1.29, 1.82) is 0 Å². The summed E-state index contributed by atoms with van der Waals surface area (Å²) in [5, 5.41) is 10.7. The maximum atomic E-state index is 12.6. The maximum absolute atomic E-state index is 12.6. The van der Waals surface area contributed by atoms with Gasteiger partial charge < -0.3 is 11.1 Å². The second-order valence-corrected chi connectivity index (χ2v) is 7.04. The van der Waals surface area contributed by atoms with E-state index in [1.54, 1.807) is 0 Å². The molecule has 2 aromatic carbocycles. The lowest BCUT2D eigenvalue weighted by molar-refractivity contribution is 0.0938. The Balaban J connectivity index is 1.45. The number of rotatable bonds is 5. The molecule has 1 aromatic heterocycles. The van der Waals surface area contributed by atoms with Crippen LogP contribution in [-0.2, 0) is 12.8 Å². The van der Waals surface area contributed by atoms with Gasteiger partial charge in [-0.05, 0) is 67.1 Å². The molecule has 0 bridgehead atoms. The van der Waals surface area contributed by atoms with Crippen LogP contribution in [0.15, 0.2) is 48.7 Å². The molecule has 142 valence electrons. The normalized spacial score (nSPS) is 13.8. The van der Waals surface area contributed by atoms with Crippen molar-refractivity contribution in [2.45, 2.75) is 32.2 Å². The lowest BCUT2D eigenvalue weighted by Crippen LogP contribution is -2.26. The number of carbonyl (C=O) groups is 2. The zero-order chi connectivity index (χ0) is 19.7. The van der Waals surface area contributed by atoms with E-state index in [0.717, 1.165) is 30.5 Å². The van der Waals surface area contributed by atoms with Gasteiger partial charge in [0.05, 0.1) is 17.9 Å². The molecule has 2 amide bonds. The van der Waals surface area contributed by atoms with E-state index in [-0.39, 0.29) is 17.6 Å². The number of primary amides is 1. The number of amides is 2. The molecule has 1 atom stereocenters. The first kappa shape index (κ1) is 17.9. The summed E-state index contributed by atoms with van der Waals surface area (Å²) < 4.78 is 1.48. The molecule has 7 heteroatoms. The molecule has 3 aromatic rings. The summed E-state index contributed by atoms with van der Waals surface area (Å²) in [4.78, 5) is 23.7. The summed E-state index contributed by atoms with van der Waals surface area (Å²) in [6.45, 7) is 1.95. The van der Waals surface area contributed by atoms with Gasteiger partial charge in [-0.2, -0.15) is 0 Å². The predicted octanol–water partition coefficient (Wildman–Crippen LogP) is 2.35. The van der Waals surface area contributed by atoms with Crippen molar-refractivity contribution in [3.63, 3.8) is 0 Å². The number of benzene rings is 2. The van der Waals surface area contributed by atoms with Crippen molar-refractivity contribution in [1.82, 2.24) is 20.3 Å². The summed E-state index contributed by atoms with van der Waals surface area (Å²) in [6, 6.07) is 13.4. The fourth-order valence-corrected chi connectivity index (χ4v) is 3.50. The Labute approximate surface area is 162 Å². The summed E-state index contributed by atoms with van der Waals surface area (Å²) >= 11 is 0. The SMILES string of the molecule is C[C@@H](NC(=O)c1ccc2c(c1)CCC2)c1ccc(-n2cc(C(N)=O)nn2)cc1. The van der Waals surface area contributed by atoms with Crippen LogP contribution in [0, 0.1) is 0 Å². The van der Waals surface area contributed by atoms with Crippen molar-refractivity contribution in [2.75, 3.05) is 0 Å². The molecule has 0 fully saturated rings. The molecular weight excluding hydrogens is 354 g/mol. The summed E-state index contributed by atoms with van der Waals surface area (Å²) in [5.74, 6) is -0.695. The van der Waals surface area contributed by atoms with Crippen LogP contribution in [0.5, 0.6) is 0 Å².